The topological polar surface area (TPSA) is 58.6 Å². The van der Waals surface area contributed by atoms with Crippen molar-refractivity contribution in [2.75, 3.05) is 4.90 Å². The Kier molecular flexibility index (Phi) is 6.23. The minimum absolute atomic E-state index is 0.0306. The van der Waals surface area contributed by atoms with Crippen molar-refractivity contribution in [2.45, 2.75) is 26.1 Å². The first-order valence-corrected chi connectivity index (χ1v) is 10.1. The number of fused-ring (bicyclic) bond motifs is 1. The Morgan fingerprint density at radius 1 is 0.941 bits per heavy atom. The Hall–Kier alpha value is -3.95. The van der Waals surface area contributed by atoms with Gasteiger partial charge in [0.05, 0.1) is 12.2 Å². The van der Waals surface area contributed by atoms with Gasteiger partial charge in [0.25, 0.3) is 11.8 Å². The highest BCUT2D eigenvalue weighted by molar-refractivity contribution is 6.02. The number of halogens is 5. The lowest BCUT2D eigenvalue weighted by Crippen LogP contribution is -2.44. The molecule has 0 radical (unpaired) electrons. The van der Waals surface area contributed by atoms with Crippen LogP contribution in [0.15, 0.2) is 48.5 Å². The van der Waals surface area contributed by atoms with Crippen LogP contribution in [0.1, 0.15) is 28.4 Å². The van der Waals surface area contributed by atoms with Gasteiger partial charge in [-0.15, -0.1) is 0 Å². The summed E-state index contributed by atoms with van der Waals surface area (Å²) in [6.07, 6.45) is -0.880. The summed E-state index contributed by atoms with van der Waals surface area (Å²) in [5.74, 6) is -5.96. The van der Waals surface area contributed by atoms with Crippen molar-refractivity contribution in [3.05, 3.63) is 94.3 Å². The van der Waals surface area contributed by atoms with Crippen LogP contribution in [0.5, 0.6) is 5.75 Å². The van der Waals surface area contributed by atoms with Crippen molar-refractivity contribution in [2.24, 2.45) is 0 Å². The standard InChI is InChI=1S/C24H17F5N2O3/c1-12-24(33)31(11-13-4-15(25)7-16(26)5-13)21-6-14(2-3-22(21)34-12)23(32)30-10-18-19(28)8-17(27)9-20(18)29/h2-9,12H,10-11H2,1H3,(H,30,32)/t12-/m0/s1. The Bertz CT molecular complexity index is 1250. The van der Waals surface area contributed by atoms with Crippen LogP contribution in [-0.2, 0) is 17.9 Å². The Morgan fingerprint density at radius 3 is 2.21 bits per heavy atom. The van der Waals surface area contributed by atoms with Crippen molar-refractivity contribution in [3.8, 4) is 5.75 Å². The molecule has 3 aromatic carbocycles. The average Bonchev–Trinajstić information content (AvgIpc) is 2.75. The number of hydrogen-bond donors (Lipinski definition) is 1. The third-order valence-corrected chi connectivity index (χ3v) is 5.22. The molecular formula is C24H17F5N2O3. The average molecular weight is 476 g/mol. The van der Waals surface area contributed by atoms with Gasteiger partial charge in [-0.3, -0.25) is 9.59 Å². The van der Waals surface area contributed by atoms with E-state index in [4.69, 9.17) is 4.74 Å². The molecule has 1 atom stereocenters. The van der Waals surface area contributed by atoms with E-state index in [9.17, 15) is 31.5 Å². The Labute approximate surface area is 190 Å². The molecule has 2 amide bonds. The summed E-state index contributed by atoms with van der Waals surface area (Å²) >= 11 is 0. The number of carbonyl (C=O) groups excluding carboxylic acids is 2. The number of hydrogen-bond acceptors (Lipinski definition) is 3. The molecule has 0 aromatic heterocycles. The first-order valence-electron chi connectivity index (χ1n) is 10.1. The molecular weight excluding hydrogens is 459 g/mol. The number of ether oxygens (including phenoxy) is 1. The van der Waals surface area contributed by atoms with Gasteiger partial charge in [0, 0.05) is 35.9 Å². The molecule has 0 unspecified atom stereocenters. The number of benzene rings is 3. The van der Waals surface area contributed by atoms with E-state index in [1.807, 2.05) is 0 Å². The summed E-state index contributed by atoms with van der Waals surface area (Å²) < 4.78 is 73.6. The van der Waals surface area contributed by atoms with Gasteiger partial charge in [-0.25, -0.2) is 22.0 Å². The van der Waals surface area contributed by atoms with Crippen LogP contribution in [0.3, 0.4) is 0 Å². The van der Waals surface area contributed by atoms with E-state index in [0.29, 0.717) is 18.2 Å². The molecule has 34 heavy (non-hydrogen) atoms. The van der Waals surface area contributed by atoms with Crippen molar-refractivity contribution < 1.29 is 36.3 Å². The second-order valence-electron chi connectivity index (χ2n) is 7.68. The molecule has 3 aromatic rings. The van der Waals surface area contributed by atoms with E-state index in [2.05, 4.69) is 5.32 Å². The smallest absolute Gasteiger partial charge is 0.268 e. The normalized spacial score (nSPS) is 15.1. The number of nitrogens with zero attached hydrogens (tertiary/aromatic N) is 1. The van der Waals surface area contributed by atoms with E-state index in [1.54, 1.807) is 0 Å². The van der Waals surface area contributed by atoms with Crippen molar-refractivity contribution in [3.63, 3.8) is 0 Å². The number of carbonyl (C=O) groups is 2. The summed E-state index contributed by atoms with van der Waals surface area (Å²) in [5.41, 5.74) is -0.125. The van der Waals surface area contributed by atoms with Gasteiger partial charge in [-0.2, -0.15) is 0 Å². The van der Waals surface area contributed by atoms with Crippen LogP contribution in [0.25, 0.3) is 0 Å². The summed E-state index contributed by atoms with van der Waals surface area (Å²) in [5, 5.41) is 2.34. The molecule has 5 nitrogen and oxygen atoms in total. The van der Waals surface area contributed by atoms with Crippen LogP contribution >= 0.6 is 0 Å². The van der Waals surface area contributed by atoms with E-state index in [0.717, 1.165) is 12.1 Å². The molecule has 1 aliphatic heterocycles. The maximum absolute atomic E-state index is 13.8. The Balaban J connectivity index is 1.60. The largest absolute Gasteiger partial charge is 0.479 e. The molecule has 4 rings (SSSR count). The van der Waals surface area contributed by atoms with Crippen molar-refractivity contribution in [1.29, 1.82) is 0 Å². The summed E-state index contributed by atoms with van der Waals surface area (Å²) in [4.78, 5) is 26.6. The van der Waals surface area contributed by atoms with Gasteiger partial charge in [0.15, 0.2) is 6.10 Å². The lowest BCUT2D eigenvalue weighted by Gasteiger charge is -2.33. The van der Waals surface area contributed by atoms with Crippen LogP contribution < -0.4 is 15.0 Å². The number of amides is 2. The van der Waals surface area contributed by atoms with Gasteiger partial charge in [0.1, 0.15) is 34.8 Å². The first kappa shape index (κ1) is 23.2. The van der Waals surface area contributed by atoms with Crippen molar-refractivity contribution >= 4 is 17.5 Å². The predicted molar refractivity (Wildman–Crippen MR) is 112 cm³/mol. The maximum Gasteiger partial charge on any atom is 0.268 e. The molecule has 176 valence electrons. The van der Waals surface area contributed by atoms with Crippen LogP contribution in [0.2, 0.25) is 0 Å². The van der Waals surface area contributed by atoms with Crippen LogP contribution in [-0.4, -0.2) is 17.9 Å². The maximum atomic E-state index is 13.8. The third kappa shape index (κ3) is 4.70. The summed E-state index contributed by atoms with van der Waals surface area (Å²) in [6.45, 7) is 0.773. The van der Waals surface area contributed by atoms with Crippen molar-refractivity contribution in [1.82, 2.24) is 5.32 Å². The van der Waals surface area contributed by atoms with E-state index >= 15 is 0 Å². The van der Waals surface area contributed by atoms with Crippen LogP contribution in [0.4, 0.5) is 27.6 Å². The van der Waals surface area contributed by atoms with Gasteiger partial charge < -0.3 is 15.0 Å². The van der Waals surface area contributed by atoms with E-state index < -0.39 is 59.1 Å². The number of rotatable bonds is 5. The highest BCUT2D eigenvalue weighted by Gasteiger charge is 2.32. The lowest BCUT2D eigenvalue weighted by molar-refractivity contribution is -0.125. The monoisotopic (exact) mass is 476 g/mol. The second kappa shape index (κ2) is 9.12. The zero-order chi connectivity index (χ0) is 24.6. The fourth-order valence-corrected chi connectivity index (χ4v) is 3.61. The number of nitrogens with one attached hydrogen (secondary N) is 1. The fraction of sp³-hybridized carbons (Fsp3) is 0.167. The summed E-state index contributed by atoms with van der Waals surface area (Å²) in [6, 6.07) is 8.01. The van der Waals surface area contributed by atoms with Gasteiger partial charge in [-0.05, 0) is 42.8 Å². The van der Waals surface area contributed by atoms with Gasteiger partial charge >= 0.3 is 0 Å². The molecule has 0 saturated carbocycles. The van der Waals surface area contributed by atoms with Crippen LogP contribution in [0, 0.1) is 29.1 Å². The molecule has 0 fully saturated rings. The highest BCUT2D eigenvalue weighted by Crippen LogP contribution is 2.36. The number of anilines is 1. The fourth-order valence-electron chi connectivity index (χ4n) is 3.61. The Morgan fingerprint density at radius 2 is 1.56 bits per heavy atom. The zero-order valence-corrected chi connectivity index (χ0v) is 17.7. The second-order valence-corrected chi connectivity index (χ2v) is 7.68. The molecule has 0 spiro atoms. The van der Waals surface area contributed by atoms with Gasteiger partial charge in [-0.1, -0.05) is 0 Å². The molecule has 10 heteroatoms. The first-order chi connectivity index (χ1) is 16.1. The molecule has 0 saturated heterocycles. The molecule has 1 N–H and O–H groups in total. The molecule has 0 aliphatic carbocycles. The molecule has 0 bridgehead atoms. The molecule has 1 aliphatic rings. The quantitative estimate of drug-likeness (QED) is 0.547. The van der Waals surface area contributed by atoms with E-state index in [1.165, 1.54) is 30.0 Å². The van der Waals surface area contributed by atoms with Gasteiger partial charge in [0.2, 0.25) is 0 Å². The minimum Gasteiger partial charge on any atom is -0.479 e. The predicted octanol–water partition coefficient (Wildman–Crippen LogP) is 4.63. The lowest BCUT2D eigenvalue weighted by atomic mass is 10.1. The third-order valence-electron chi connectivity index (χ3n) is 5.22. The van der Waals surface area contributed by atoms with E-state index in [-0.39, 0.29) is 29.1 Å². The molecule has 1 heterocycles. The minimum atomic E-state index is -1.15. The zero-order valence-electron chi connectivity index (χ0n) is 17.7. The SMILES string of the molecule is C[C@@H]1Oc2ccc(C(=O)NCc3c(F)cc(F)cc3F)cc2N(Cc2cc(F)cc(F)c2)C1=O. The summed E-state index contributed by atoms with van der Waals surface area (Å²) in [7, 11) is 0. The highest BCUT2D eigenvalue weighted by atomic mass is 19.2.